The number of ether oxygens (including phenoxy) is 4. The van der Waals surface area contributed by atoms with E-state index in [9.17, 15) is 14.4 Å². The standard InChI is InChI=1S/C37H43N3O7/c1-5-47-37(43)24-15-18-28(19-16-24)40(33(41)20-17-25-23-38-30-14-10-9-13-29(25)30)34(36(42)39-27-11-7-6-8-12-27)26-21-31(44-2)35(46-4)32(22-26)45-3/h9-10,13-16,18-19,21-23,27,34,38H,5-8,11-12,17,20H2,1-4H3,(H,39,42). The molecule has 2 amide bonds. The Morgan fingerprint density at radius 1 is 0.915 bits per heavy atom. The molecule has 4 aromatic rings. The average Bonchev–Trinajstić information content (AvgIpc) is 3.52. The van der Waals surface area contributed by atoms with Gasteiger partial charge in [0.15, 0.2) is 11.5 Å². The number of carbonyl (C=O) groups excluding carboxylic acids is 3. The zero-order chi connectivity index (χ0) is 33.3. The number of nitrogens with zero attached hydrogens (tertiary/aromatic N) is 1. The lowest BCUT2D eigenvalue weighted by Crippen LogP contribution is -2.47. The number of benzene rings is 3. The van der Waals surface area contributed by atoms with Crippen LogP contribution < -0.4 is 24.4 Å². The highest BCUT2D eigenvalue weighted by Gasteiger charge is 2.35. The molecular weight excluding hydrogens is 598 g/mol. The summed E-state index contributed by atoms with van der Waals surface area (Å²) >= 11 is 0. The maximum absolute atomic E-state index is 14.5. The first-order chi connectivity index (χ1) is 22.9. The fourth-order valence-electron chi connectivity index (χ4n) is 6.31. The van der Waals surface area contributed by atoms with E-state index in [-0.39, 0.29) is 30.9 Å². The second-order valence-corrected chi connectivity index (χ2v) is 11.6. The molecule has 47 heavy (non-hydrogen) atoms. The Morgan fingerprint density at radius 3 is 2.23 bits per heavy atom. The smallest absolute Gasteiger partial charge is 0.338 e. The van der Waals surface area contributed by atoms with Gasteiger partial charge in [0, 0.05) is 35.2 Å². The van der Waals surface area contributed by atoms with Crippen molar-refractivity contribution in [1.82, 2.24) is 10.3 Å². The number of aromatic nitrogens is 1. The van der Waals surface area contributed by atoms with Gasteiger partial charge in [0.05, 0.1) is 33.5 Å². The number of hydrogen-bond acceptors (Lipinski definition) is 7. The lowest BCUT2D eigenvalue weighted by molar-refractivity contribution is -0.127. The topological polar surface area (TPSA) is 119 Å². The quantitative estimate of drug-likeness (QED) is 0.159. The summed E-state index contributed by atoms with van der Waals surface area (Å²) in [5, 5.41) is 4.28. The minimum Gasteiger partial charge on any atom is -0.493 e. The average molecular weight is 642 g/mol. The number of fused-ring (bicyclic) bond motifs is 1. The molecule has 1 fully saturated rings. The molecular formula is C37H43N3O7. The number of para-hydroxylation sites is 1. The van der Waals surface area contributed by atoms with E-state index in [1.165, 1.54) is 26.2 Å². The first-order valence-corrected chi connectivity index (χ1v) is 16.1. The predicted octanol–water partition coefficient (Wildman–Crippen LogP) is 6.53. The molecule has 10 nitrogen and oxygen atoms in total. The molecule has 0 radical (unpaired) electrons. The minimum atomic E-state index is -1.09. The van der Waals surface area contributed by atoms with Gasteiger partial charge in [-0.3, -0.25) is 14.5 Å². The van der Waals surface area contributed by atoms with E-state index in [0.29, 0.717) is 40.5 Å². The van der Waals surface area contributed by atoms with Gasteiger partial charge in [0.25, 0.3) is 0 Å². The largest absolute Gasteiger partial charge is 0.493 e. The van der Waals surface area contributed by atoms with Crippen LogP contribution >= 0.6 is 0 Å². The molecule has 1 aliphatic carbocycles. The van der Waals surface area contributed by atoms with E-state index in [4.69, 9.17) is 18.9 Å². The Balaban J connectivity index is 1.60. The first-order valence-electron chi connectivity index (χ1n) is 16.1. The van der Waals surface area contributed by atoms with Crippen molar-refractivity contribution in [2.45, 2.75) is 64.0 Å². The van der Waals surface area contributed by atoms with Crippen molar-refractivity contribution in [3.63, 3.8) is 0 Å². The van der Waals surface area contributed by atoms with Gasteiger partial charge >= 0.3 is 5.97 Å². The van der Waals surface area contributed by atoms with Crippen LogP contribution in [0, 0.1) is 0 Å². The van der Waals surface area contributed by atoms with Gasteiger partial charge in [-0.2, -0.15) is 0 Å². The Bertz CT molecular complexity index is 1670. The number of carbonyl (C=O) groups is 3. The summed E-state index contributed by atoms with van der Waals surface area (Å²) in [5.74, 6) is 0.0498. The van der Waals surface area contributed by atoms with Crippen molar-refractivity contribution in [3.8, 4) is 17.2 Å². The fourth-order valence-corrected chi connectivity index (χ4v) is 6.31. The van der Waals surface area contributed by atoms with E-state index in [0.717, 1.165) is 48.6 Å². The minimum absolute atomic E-state index is 0.00449. The molecule has 3 aromatic carbocycles. The van der Waals surface area contributed by atoms with Crippen LogP contribution in [-0.2, 0) is 20.7 Å². The molecule has 2 N–H and O–H groups in total. The molecule has 248 valence electrons. The summed E-state index contributed by atoms with van der Waals surface area (Å²) in [6.07, 6.45) is 7.43. The number of aromatic amines is 1. The second kappa shape index (κ2) is 15.5. The Morgan fingerprint density at radius 2 is 1.60 bits per heavy atom. The summed E-state index contributed by atoms with van der Waals surface area (Å²) in [4.78, 5) is 46.2. The monoisotopic (exact) mass is 641 g/mol. The third-order valence-corrected chi connectivity index (χ3v) is 8.67. The summed E-state index contributed by atoms with van der Waals surface area (Å²) < 4.78 is 22.0. The first kappa shape index (κ1) is 33.4. The lowest BCUT2D eigenvalue weighted by atomic mass is 9.94. The van der Waals surface area contributed by atoms with Crippen molar-refractivity contribution in [1.29, 1.82) is 0 Å². The highest BCUT2D eigenvalue weighted by molar-refractivity contribution is 6.02. The van der Waals surface area contributed by atoms with Gasteiger partial charge in [-0.05, 0) is 79.8 Å². The van der Waals surface area contributed by atoms with Crippen LogP contribution in [0.2, 0.25) is 0 Å². The van der Waals surface area contributed by atoms with Crippen LogP contribution in [0.3, 0.4) is 0 Å². The van der Waals surface area contributed by atoms with Gasteiger partial charge in [-0.25, -0.2) is 4.79 Å². The van der Waals surface area contributed by atoms with Crippen molar-refractivity contribution >= 4 is 34.4 Å². The summed E-state index contributed by atoms with van der Waals surface area (Å²) in [7, 11) is 4.53. The lowest BCUT2D eigenvalue weighted by Gasteiger charge is -2.34. The predicted molar refractivity (Wildman–Crippen MR) is 180 cm³/mol. The molecule has 1 atom stereocenters. The van der Waals surface area contributed by atoms with E-state index in [1.54, 1.807) is 43.3 Å². The normalized spacial score (nSPS) is 13.9. The molecule has 10 heteroatoms. The van der Waals surface area contributed by atoms with Gasteiger partial charge in [-0.15, -0.1) is 0 Å². The molecule has 1 aliphatic rings. The second-order valence-electron chi connectivity index (χ2n) is 11.6. The Labute approximate surface area is 275 Å². The zero-order valence-corrected chi connectivity index (χ0v) is 27.5. The van der Waals surface area contributed by atoms with Gasteiger partial charge in [-0.1, -0.05) is 37.5 Å². The number of amides is 2. The number of nitrogens with one attached hydrogen (secondary N) is 2. The van der Waals surface area contributed by atoms with Gasteiger partial charge in [0.2, 0.25) is 17.6 Å². The van der Waals surface area contributed by atoms with Crippen LogP contribution in [0.25, 0.3) is 10.9 Å². The number of H-pyrrole nitrogens is 1. The third kappa shape index (κ3) is 7.53. The molecule has 1 aromatic heterocycles. The number of esters is 1. The molecule has 0 spiro atoms. The van der Waals surface area contributed by atoms with Crippen molar-refractivity contribution in [2.75, 3.05) is 32.8 Å². The number of methoxy groups -OCH3 is 3. The van der Waals surface area contributed by atoms with E-state index >= 15 is 0 Å². The molecule has 0 bridgehead atoms. The van der Waals surface area contributed by atoms with Crippen LogP contribution in [0.15, 0.2) is 66.9 Å². The maximum atomic E-state index is 14.5. The van der Waals surface area contributed by atoms with Crippen LogP contribution in [0.4, 0.5) is 5.69 Å². The highest BCUT2D eigenvalue weighted by atomic mass is 16.5. The molecule has 1 saturated carbocycles. The molecule has 1 unspecified atom stereocenters. The van der Waals surface area contributed by atoms with Crippen molar-refractivity contribution in [2.24, 2.45) is 0 Å². The van der Waals surface area contributed by atoms with Crippen molar-refractivity contribution in [3.05, 3.63) is 83.6 Å². The highest BCUT2D eigenvalue weighted by Crippen LogP contribution is 2.42. The summed E-state index contributed by atoms with van der Waals surface area (Å²) in [5.41, 5.74) is 3.28. The summed E-state index contributed by atoms with van der Waals surface area (Å²) in [6.45, 7) is 1.98. The zero-order valence-electron chi connectivity index (χ0n) is 27.5. The number of rotatable bonds is 13. The molecule has 0 saturated heterocycles. The van der Waals surface area contributed by atoms with Gasteiger partial charge < -0.3 is 29.2 Å². The number of anilines is 1. The summed E-state index contributed by atoms with van der Waals surface area (Å²) in [6, 6.07) is 16.8. The third-order valence-electron chi connectivity index (χ3n) is 8.67. The van der Waals surface area contributed by atoms with Crippen molar-refractivity contribution < 1.29 is 33.3 Å². The van der Waals surface area contributed by atoms with Gasteiger partial charge in [0.1, 0.15) is 6.04 Å². The number of hydrogen-bond donors (Lipinski definition) is 2. The Hall–Kier alpha value is -4.99. The van der Waals surface area contributed by atoms with Crippen LogP contribution in [-0.4, -0.2) is 56.7 Å². The van der Waals surface area contributed by atoms with Crippen LogP contribution in [0.5, 0.6) is 17.2 Å². The fraction of sp³-hybridized carbons (Fsp3) is 0.378. The number of aryl methyl sites for hydroxylation is 1. The van der Waals surface area contributed by atoms with E-state index < -0.39 is 12.0 Å². The van der Waals surface area contributed by atoms with E-state index in [1.807, 2.05) is 30.5 Å². The SMILES string of the molecule is CCOC(=O)c1ccc(N(C(=O)CCc2c[nH]c3ccccc23)C(C(=O)NC2CCCCC2)c2cc(OC)c(OC)c(OC)c2)cc1. The maximum Gasteiger partial charge on any atom is 0.338 e. The molecule has 0 aliphatic heterocycles. The van der Waals surface area contributed by atoms with Crippen LogP contribution in [0.1, 0.15) is 73.0 Å². The Kier molecular flexibility index (Phi) is 11.0. The molecule has 5 rings (SSSR count). The van der Waals surface area contributed by atoms with E-state index in [2.05, 4.69) is 10.3 Å². The molecule has 1 heterocycles.